The topological polar surface area (TPSA) is 106 Å². The van der Waals surface area contributed by atoms with Crippen LogP contribution in [0.15, 0.2) is 52.3 Å². The van der Waals surface area contributed by atoms with Gasteiger partial charge in [-0.25, -0.2) is 22.0 Å². The van der Waals surface area contributed by atoms with E-state index in [0.717, 1.165) is 0 Å². The van der Waals surface area contributed by atoms with Gasteiger partial charge < -0.3 is 0 Å². The summed E-state index contributed by atoms with van der Waals surface area (Å²) in [5, 5.41) is 4.97. The van der Waals surface area contributed by atoms with Crippen LogP contribution < -0.4 is 9.86 Å². The van der Waals surface area contributed by atoms with Gasteiger partial charge in [0.2, 0.25) is 10.0 Å². The number of nitrogens with one attached hydrogen (secondary N) is 1. The van der Waals surface area contributed by atoms with E-state index in [1.807, 2.05) is 0 Å². The Morgan fingerprint density at radius 2 is 1.50 bits per heavy atom. The van der Waals surface area contributed by atoms with Crippen molar-refractivity contribution in [3.63, 3.8) is 0 Å². The predicted octanol–water partition coefficient (Wildman–Crippen LogP) is 2.44. The van der Waals surface area contributed by atoms with Crippen molar-refractivity contribution in [2.75, 3.05) is 4.72 Å². The number of benzene rings is 2. The first kappa shape index (κ1) is 17.0. The van der Waals surface area contributed by atoms with Crippen molar-refractivity contribution in [1.82, 2.24) is 0 Å². The molecule has 0 aliphatic heterocycles. The van der Waals surface area contributed by atoms with Crippen LogP contribution in [-0.4, -0.2) is 16.8 Å². The molecule has 10 heteroatoms. The smallest absolute Gasteiger partial charge is 0.263 e. The minimum absolute atomic E-state index is 0.0992. The highest BCUT2D eigenvalue weighted by Gasteiger charge is 2.19. The summed E-state index contributed by atoms with van der Waals surface area (Å²) in [5.41, 5.74) is 0.156. The minimum atomic E-state index is -3.96. The number of sulfonamides is 2. The van der Waals surface area contributed by atoms with Gasteiger partial charge >= 0.3 is 0 Å². The summed E-state index contributed by atoms with van der Waals surface area (Å²) < 4.78 is 49.1. The number of halogens is 2. The first-order valence-electron chi connectivity index (χ1n) is 5.71. The third-order valence-electron chi connectivity index (χ3n) is 2.64. The van der Waals surface area contributed by atoms with Gasteiger partial charge in [0, 0.05) is 5.69 Å². The fourth-order valence-electron chi connectivity index (χ4n) is 1.61. The molecule has 2 aromatic carbocycles. The van der Waals surface area contributed by atoms with Gasteiger partial charge in [0.1, 0.15) is 4.90 Å². The quantitative estimate of drug-likeness (QED) is 0.848. The van der Waals surface area contributed by atoms with E-state index in [1.165, 1.54) is 42.5 Å². The molecule has 118 valence electrons. The Morgan fingerprint density at radius 3 is 2.05 bits per heavy atom. The van der Waals surface area contributed by atoms with Crippen molar-refractivity contribution in [2.24, 2.45) is 5.14 Å². The largest absolute Gasteiger partial charge is 0.280 e. The highest BCUT2D eigenvalue weighted by molar-refractivity contribution is 7.92. The lowest BCUT2D eigenvalue weighted by atomic mass is 10.3. The normalized spacial score (nSPS) is 12.1. The van der Waals surface area contributed by atoms with E-state index in [4.69, 9.17) is 28.3 Å². The molecule has 0 saturated carbocycles. The maximum absolute atomic E-state index is 12.3. The van der Waals surface area contributed by atoms with Crippen molar-refractivity contribution < 1.29 is 16.8 Å². The highest BCUT2D eigenvalue weighted by atomic mass is 35.5. The summed E-state index contributed by atoms with van der Waals surface area (Å²) in [6.45, 7) is 0. The Bertz CT molecular complexity index is 911. The zero-order valence-electron chi connectivity index (χ0n) is 10.8. The molecular formula is C12H10Cl2N2O4S2. The number of hydrogen-bond acceptors (Lipinski definition) is 4. The molecule has 0 atom stereocenters. The number of hydrogen-bond donors (Lipinski definition) is 2. The van der Waals surface area contributed by atoms with Gasteiger partial charge in [-0.1, -0.05) is 29.3 Å². The zero-order chi connectivity index (χ0) is 16.5. The van der Waals surface area contributed by atoms with Crippen molar-refractivity contribution >= 4 is 48.9 Å². The van der Waals surface area contributed by atoms with Gasteiger partial charge in [-0.3, -0.25) is 4.72 Å². The van der Waals surface area contributed by atoms with Crippen LogP contribution in [0.25, 0.3) is 0 Å². The molecule has 0 amide bonds. The van der Waals surface area contributed by atoms with Crippen molar-refractivity contribution in [3.05, 3.63) is 52.5 Å². The summed E-state index contributed by atoms with van der Waals surface area (Å²) in [7, 11) is -7.81. The molecule has 3 N–H and O–H groups in total. The van der Waals surface area contributed by atoms with Crippen LogP contribution >= 0.6 is 23.2 Å². The SMILES string of the molecule is NS(=O)(=O)c1ccc(NS(=O)(=O)c2cccc(Cl)c2Cl)cc1. The van der Waals surface area contributed by atoms with E-state index in [9.17, 15) is 16.8 Å². The van der Waals surface area contributed by atoms with Gasteiger partial charge in [0.25, 0.3) is 10.0 Å². The van der Waals surface area contributed by atoms with E-state index in [2.05, 4.69) is 4.72 Å². The Morgan fingerprint density at radius 1 is 0.909 bits per heavy atom. The Kier molecular flexibility index (Phi) is 4.69. The molecular weight excluding hydrogens is 371 g/mol. The summed E-state index contributed by atoms with van der Waals surface area (Å²) in [6, 6.07) is 9.14. The fraction of sp³-hybridized carbons (Fsp3) is 0. The van der Waals surface area contributed by atoms with Gasteiger partial charge in [-0.05, 0) is 36.4 Å². The minimum Gasteiger partial charge on any atom is -0.280 e. The van der Waals surface area contributed by atoms with Crippen LogP contribution in [0.3, 0.4) is 0 Å². The van der Waals surface area contributed by atoms with Crippen molar-refractivity contribution in [2.45, 2.75) is 9.79 Å². The third kappa shape index (κ3) is 3.71. The maximum Gasteiger partial charge on any atom is 0.263 e. The molecule has 2 rings (SSSR count). The van der Waals surface area contributed by atoms with Gasteiger partial charge in [0.05, 0.1) is 14.9 Å². The van der Waals surface area contributed by atoms with Crippen LogP contribution in [0.5, 0.6) is 0 Å². The zero-order valence-corrected chi connectivity index (χ0v) is 14.0. The molecule has 0 spiro atoms. The summed E-state index contributed by atoms with van der Waals surface area (Å²) in [5.74, 6) is 0. The lowest BCUT2D eigenvalue weighted by Gasteiger charge is -2.10. The standard InChI is InChI=1S/C12H10Cl2N2O4S2/c13-10-2-1-3-11(12(10)14)22(19,20)16-8-4-6-9(7-5-8)21(15,17)18/h1-7,16H,(H2,15,17,18). The van der Waals surface area contributed by atoms with E-state index in [1.54, 1.807) is 0 Å². The summed E-state index contributed by atoms with van der Waals surface area (Å²) in [6.07, 6.45) is 0. The summed E-state index contributed by atoms with van der Waals surface area (Å²) in [4.78, 5) is -0.312. The van der Waals surface area contributed by atoms with Crippen LogP contribution in [0, 0.1) is 0 Å². The molecule has 0 saturated heterocycles. The average Bonchev–Trinajstić information content (AvgIpc) is 2.40. The first-order valence-corrected chi connectivity index (χ1v) is 9.49. The predicted molar refractivity (Wildman–Crippen MR) is 85.1 cm³/mol. The molecule has 0 heterocycles. The third-order valence-corrected chi connectivity index (χ3v) is 5.92. The van der Waals surface area contributed by atoms with Crippen LogP contribution in [-0.2, 0) is 20.0 Å². The molecule has 0 bridgehead atoms. The van der Waals surface area contributed by atoms with Gasteiger partial charge in [-0.2, -0.15) is 0 Å². The molecule has 0 fully saturated rings. The van der Waals surface area contributed by atoms with Crippen LogP contribution in [0.4, 0.5) is 5.69 Å². The molecule has 0 aliphatic carbocycles. The van der Waals surface area contributed by atoms with E-state index in [0.29, 0.717) is 0 Å². The monoisotopic (exact) mass is 380 g/mol. The molecule has 6 nitrogen and oxygen atoms in total. The summed E-state index contributed by atoms with van der Waals surface area (Å²) >= 11 is 11.7. The van der Waals surface area contributed by atoms with Gasteiger partial charge in [-0.15, -0.1) is 0 Å². The maximum atomic E-state index is 12.3. The first-order chi connectivity index (χ1) is 10.1. The van der Waals surface area contributed by atoms with E-state index in [-0.39, 0.29) is 25.5 Å². The molecule has 2 aromatic rings. The Balaban J connectivity index is 2.35. The lowest BCUT2D eigenvalue weighted by molar-refractivity contribution is 0.597. The highest BCUT2D eigenvalue weighted by Crippen LogP contribution is 2.30. The number of anilines is 1. The second-order valence-corrected chi connectivity index (χ2v) is 8.22. The second kappa shape index (κ2) is 6.05. The van der Waals surface area contributed by atoms with Crippen molar-refractivity contribution in [3.8, 4) is 0 Å². The van der Waals surface area contributed by atoms with E-state index < -0.39 is 20.0 Å². The number of nitrogens with two attached hydrogens (primary N) is 1. The molecule has 0 radical (unpaired) electrons. The molecule has 0 unspecified atom stereocenters. The Labute approximate surface area is 138 Å². The average molecular weight is 381 g/mol. The number of primary sulfonamides is 1. The van der Waals surface area contributed by atoms with E-state index >= 15 is 0 Å². The molecule has 0 aliphatic rings. The molecule has 0 aromatic heterocycles. The van der Waals surface area contributed by atoms with Crippen molar-refractivity contribution in [1.29, 1.82) is 0 Å². The number of rotatable bonds is 4. The lowest BCUT2D eigenvalue weighted by Crippen LogP contribution is -2.14. The second-order valence-electron chi connectivity index (χ2n) is 4.23. The van der Waals surface area contributed by atoms with Crippen LogP contribution in [0.2, 0.25) is 10.0 Å². The fourth-order valence-corrected chi connectivity index (χ4v) is 3.95. The van der Waals surface area contributed by atoms with Crippen LogP contribution in [0.1, 0.15) is 0 Å². The van der Waals surface area contributed by atoms with Gasteiger partial charge in [0.15, 0.2) is 0 Å². The Hall–Kier alpha value is -1.32. The molecule has 22 heavy (non-hydrogen) atoms.